The molecule has 3 heterocycles. The zero-order valence-corrected chi connectivity index (χ0v) is 38.5. The highest BCUT2D eigenvalue weighted by atomic mass is 32.2. The molecule has 1 saturated heterocycles. The van der Waals surface area contributed by atoms with Crippen LogP contribution in [0.3, 0.4) is 0 Å². The Labute approximate surface area is 384 Å². The van der Waals surface area contributed by atoms with E-state index in [0.29, 0.717) is 25.1 Å². The van der Waals surface area contributed by atoms with E-state index in [0.717, 1.165) is 51.3 Å². The van der Waals surface area contributed by atoms with Gasteiger partial charge in [0.2, 0.25) is 35.4 Å². The molecule has 3 aromatic carbocycles. The summed E-state index contributed by atoms with van der Waals surface area (Å²) < 4.78 is 0. The molecule has 1 fully saturated rings. The number of carbonyl (C=O) groups excluding carboxylic acids is 6. The van der Waals surface area contributed by atoms with Crippen molar-refractivity contribution in [2.24, 2.45) is 11.7 Å². The van der Waals surface area contributed by atoms with Crippen LogP contribution in [-0.2, 0) is 48.0 Å². The summed E-state index contributed by atoms with van der Waals surface area (Å²) in [5.74, 6) is -2.68. The van der Waals surface area contributed by atoms with Crippen molar-refractivity contribution in [2.75, 3.05) is 25.6 Å². The van der Waals surface area contributed by atoms with E-state index >= 15 is 4.79 Å². The maximum atomic E-state index is 15.1. The predicted octanol–water partition coefficient (Wildman–Crippen LogP) is 3.87. The van der Waals surface area contributed by atoms with Crippen LogP contribution in [-0.4, -0.2) is 112 Å². The van der Waals surface area contributed by atoms with Crippen molar-refractivity contribution in [2.45, 2.75) is 101 Å². The van der Waals surface area contributed by atoms with Crippen LogP contribution in [0.1, 0.15) is 62.6 Å². The minimum atomic E-state index is -1.18. The maximum absolute atomic E-state index is 15.1. The number of nitrogens with zero attached hydrogens (tertiary/aromatic N) is 1. The van der Waals surface area contributed by atoms with Crippen LogP contribution in [0.2, 0.25) is 0 Å². The van der Waals surface area contributed by atoms with Crippen molar-refractivity contribution in [1.82, 2.24) is 41.5 Å². The largest absolute Gasteiger partial charge is 0.368 e. The lowest BCUT2D eigenvalue weighted by Gasteiger charge is -2.33. The lowest BCUT2D eigenvalue weighted by atomic mass is 9.98. The Balaban J connectivity index is 1.32. The van der Waals surface area contributed by atoms with Gasteiger partial charge in [0.25, 0.3) is 0 Å². The third-order valence-corrected chi connectivity index (χ3v) is 12.7. The lowest BCUT2D eigenvalue weighted by molar-refractivity contribution is -0.143. The zero-order valence-electron chi connectivity index (χ0n) is 37.7. The van der Waals surface area contributed by atoms with Crippen molar-refractivity contribution >= 4 is 69.0 Å². The molecule has 2 aromatic heterocycles. The summed E-state index contributed by atoms with van der Waals surface area (Å²) in [6.07, 6.45) is 8.85. The van der Waals surface area contributed by atoms with Crippen molar-refractivity contribution < 1.29 is 28.8 Å². The van der Waals surface area contributed by atoms with Gasteiger partial charge in [-0.3, -0.25) is 28.8 Å². The van der Waals surface area contributed by atoms with Gasteiger partial charge >= 0.3 is 0 Å². The molecule has 0 aliphatic carbocycles. The molecule has 0 spiro atoms. The van der Waals surface area contributed by atoms with Crippen LogP contribution < -0.4 is 32.3 Å². The highest BCUT2D eigenvalue weighted by Crippen LogP contribution is 2.23. The number of thioether (sulfide) groups is 1. The lowest BCUT2D eigenvalue weighted by Crippen LogP contribution is -2.61. The molecule has 1 aliphatic rings. The zero-order chi connectivity index (χ0) is 46.5. The fourth-order valence-electron chi connectivity index (χ4n) is 8.48. The Kier molecular flexibility index (Phi) is 17.2. The second-order valence-corrected chi connectivity index (χ2v) is 18.3. The predicted molar refractivity (Wildman–Crippen MR) is 256 cm³/mol. The van der Waals surface area contributed by atoms with E-state index in [1.165, 1.54) is 23.7 Å². The molecule has 65 heavy (non-hydrogen) atoms. The molecule has 6 amide bonds. The average Bonchev–Trinajstić information content (AvgIpc) is 3.92. The first-order valence-electron chi connectivity index (χ1n) is 22.5. The number of nitrogens with one attached hydrogen (secondary N) is 7. The second kappa shape index (κ2) is 23.2. The molecule has 6 atom stereocenters. The van der Waals surface area contributed by atoms with Gasteiger partial charge in [-0.15, -0.1) is 0 Å². The monoisotopic (exact) mass is 905 g/mol. The van der Waals surface area contributed by atoms with E-state index in [1.54, 1.807) is 6.20 Å². The van der Waals surface area contributed by atoms with Gasteiger partial charge in [0.15, 0.2) is 0 Å². The van der Waals surface area contributed by atoms with Gasteiger partial charge in [-0.05, 0) is 79.0 Å². The fourth-order valence-corrected chi connectivity index (χ4v) is 8.95. The smallest absolute Gasteiger partial charge is 0.245 e. The number of H-pyrrole nitrogens is 2. The fraction of sp³-hybridized carbons (Fsp3) is 0.429. The van der Waals surface area contributed by atoms with Crippen molar-refractivity contribution in [1.29, 1.82) is 0 Å². The molecular weight excluding hydrogens is 843 g/mol. The Hall–Kier alpha value is -6.13. The number of fused-ring (bicyclic) bond motifs is 2. The number of para-hydroxylation sites is 2. The van der Waals surface area contributed by atoms with Gasteiger partial charge in [-0.25, -0.2) is 0 Å². The SMILES string of the molecule is CSCC[C@H](NC(=O)[C@H](CC(C)C)NC(=O)[C@@H](Cc1c[nH]c2ccccc12)N(C)C(=O)[C@H](Cc1ccccc1)NC(=O)[C@@H](Cc1c[nH]c2ccccc12)NC(=O)[C@@H]1CCCCN1)C(N)=O. The summed E-state index contributed by atoms with van der Waals surface area (Å²) in [5.41, 5.74) is 9.75. The number of likely N-dealkylation sites (N-methyl/N-ethyl adjacent to an activating group) is 1. The molecule has 346 valence electrons. The molecule has 15 nitrogen and oxygen atoms in total. The molecule has 1 aliphatic heterocycles. The molecule has 5 aromatic rings. The third kappa shape index (κ3) is 13.0. The minimum Gasteiger partial charge on any atom is -0.368 e. The Bertz CT molecular complexity index is 2410. The van der Waals surface area contributed by atoms with Crippen LogP contribution in [0.5, 0.6) is 0 Å². The highest BCUT2D eigenvalue weighted by molar-refractivity contribution is 7.98. The number of aromatic nitrogens is 2. The van der Waals surface area contributed by atoms with E-state index in [9.17, 15) is 24.0 Å². The van der Waals surface area contributed by atoms with Gasteiger partial charge < -0.3 is 47.2 Å². The van der Waals surface area contributed by atoms with Gasteiger partial charge in [0.1, 0.15) is 30.2 Å². The molecule has 0 unspecified atom stereocenters. The average molecular weight is 906 g/mol. The summed E-state index contributed by atoms with van der Waals surface area (Å²) in [6.45, 7) is 4.53. The first kappa shape index (κ1) is 48.3. The molecule has 0 saturated carbocycles. The van der Waals surface area contributed by atoms with E-state index < -0.39 is 65.8 Å². The summed E-state index contributed by atoms with van der Waals surface area (Å²) in [7, 11) is 1.52. The molecule has 0 radical (unpaired) electrons. The number of hydrogen-bond donors (Lipinski definition) is 8. The van der Waals surface area contributed by atoms with E-state index in [2.05, 4.69) is 36.6 Å². The van der Waals surface area contributed by atoms with Gasteiger partial charge in [-0.1, -0.05) is 87.0 Å². The molecule has 6 rings (SSSR count). The minimum absolute atomic E-state index is 0.0345. The summed E-state index contributed by atoms with van der Waals surface area (Å²) in [4.78, 5) is 92.4. The standard InChI is InChI=1S/C49H63N9O6S/c1-30(2)24-40(46(61)54-38(44(50)59)21-23-65-4)56-48(63)43(27-33-29-53-37-19-11-9-17-35(33)37)58(3)49(64)42(25-31-14-6-5-7-15-31)57-47(62)41(55-45(60)39-20-12-13-22-51-39)26-32-28-52-36-18-10-8-16-34(32)36/h5-11,14-19,28-30,38-43,51-53H,12-13,20-27H2,1-4H3,(H2,50,59)(H,54,61)(H,55,60)(H,56,63)(H,57,62)/t38-,39-,40-,41+,42-,43+/m0/s1. The van der Waals surface area contributed by atoms with Crippen LogP contribution in [0.25, 0.3) is 21.8 Å². The van der Waals surface area contributed by atoms with E-state index in [1.807, 2.05) is 105 Å². The number of hydrogen-bond acceptors (Lipinski definition) is 8. The molecule has 16 heteroatoms. The van der Waals surface area contributed by atoms with Gasteiger partial charge in [0.05, 0.1) is 6.04 Å². The number of piperidine rings is 1. The first-order valence-corrected chi connectivity index (χ1v) is 23.9. The number of primary amides is 1. The number of aromatic amines is 2. The summed E-state index contributed by atoms with van der Waals surface area (Å²) in [5, 5.41) is 16.7. The number of nitrogens with two attached hydrogens (primary N) is 1. The van der Waals surface area contributed by atoms with Crippen molar-refractivity contribution in [3.63, 3.8) is 0 Å². The number of carbonyl (C=O) groups is 6. The number of benzene rings is 3. The van der Waals surface area contributed by atoms with Gasteiger partial charge in [-0.2, -0.15) is 11.8 Å². The van der Waals surface area contributed by atoms with Gasteiger partial charge in [0, 0.05) is 60.5 Å². The van der Waals surface area contributed by atoms with E-state index in [4.69, 9.17) is 5.73 Å². The maximum Gasteiger partial charge on any atom is 0.245 e. The second-order valence-electron chi connectivity index (χ2n) is 17.3. The number of amides is 6. The first-order chi connectivity index (χ1) is 31.3. The number of rotatable bonds is 22. The molecule has 0 bridgehead atoms. The van der Waals surface area contributed by atoms with E-state index in [-0.39, 0.29) is 37.5 Å². The Morgan fingerprint density at radius 3 is 1.89 bits per heavy atom. The molecule has 9 N–H and O–H groups in total. The van der Waals surface area contributed by atoms with Crippen LogP contribution in [0.4, 0.5) is 0 Å². The topological polar surface area (TPSA) is 223 Å². The van der Waals surface area contributed by atoms with Crippen molar-refractivity contribution in [3.05, 3.63) is 108 Å². The molecular formula is C49H63N9O6S. The van der Waals surface area contributed by atoms with Crippen LogP contribution >= 0.6 is 11.8 Å². The Morgan fingerprint density at radius 2 is 1.29 bits per heavy atom. The van der Waals surface area contributed by atoms with Crippen LogP contribution in [0, 0.1) is 5.92 Å². The summed E-state index contributed by atoms with van der Waals surface area (Å²) in [6, 6.07) is 18.8. The quantitative estimate of drug-likeness (QED) is 0.0508. The third-order valence-electron chi connectivity index (χ3n) is 12.1. The summed E-state index contributed by atoms with van der Waals surface area (Å²) >= 11 is 1.52. The normalized spacial score (nSPS) is 16.2. The highest BCUT2D eigenvalue weighted by Gasteiger charge is 2.37. The Morgan fingerprint density at radius 1 is 0.708 bits per heavy atom. The van der Waals surface area contributed by atoms with Crippen LogP contribution in [0.15, 0.2) is 91.3 Å². The van der Waals surface area contributed by atoms with Crippen molar-refractivity contribution in [3.8, 4) is 0 Å².